The molecule has 0 aromatic rings. The summed E-state index contributed by atoms with van der Waals surface area (Å²) in [6.07, 6.45) is 5.04. The summed E-state index contributed by atoms with van der Waals surface area (Å²) in [7, 11) is 0. The maximum Gasteiger partial charge on any atom is 0.267 e. The average molecular weight is 238 g/mol. The van der Waals surface area contributed by atoms with Crippen LogP contribution in [0.2, 0.25) is 0 Å². The van der Waals surface area contributed by atoms with Crippen molar-refractivity contribution in [3.8, 4) is 0 Å². The summed E-state index contributed by atoms with van der Waals surface area (Å²) in [5.41, 5.74) is 2.16. The predicted octanol–water partition coefficient (Wildman–Crippen LogP) is -0.932. The van der Waals surface area contributed by atoms with E-state index in [0.717, 1.165) is 6.29 Å². The van der Waals surface area contributed by atoms with Crippen LogP contribution in [0.5, 0.6) is 0 Å². The highest BCUT2D eigenvalue weighted by atomic mass is 16.5. The molecule has 0 spiro atoms. The molecule has 4 N–H and O–H groups in total. The number of allylic oxidation sites excluding steroid dienone is 1. The van der Waals surface area contributed by atoms with Crippen molar-refractivity contribution >= 4 is 18.0 Å². The lowest BCUT2D eigenvalue weighted by Gasteiger charge is -2.17. The van der Waals surface area contributed by atoms with E-state index in [0.29, 0.717) is 18.1 Å². The van der Waals surface area contributed by atoms with Crippen LogP contribution in [0.15, 0.2) is 29.0 Å². The first-order chi connectivity index (χ1) is 8.15. The molecular weight excluding hydrogens is 224 g/mol. The molecule has 0 radical (unpaired) electrons. The third-order valence-electron chi connectivity index (χ3n) is 1.94. The zero-order chi connectivity index (χ0) is 12.7. The number of aldehydes is 1. The highest BCUT2D eigenvalue weighted by molar-refractivity contribution is 5.89. The molecule has 7 heteroatoms. The van der Waals surface area contributed by atoms with Gasteiger partial charge in [-0.3, -0.25) is 15.0 Å². The second kappa shape index (κ2) is 6.44. The fourth-order valence-electron chi connectivity index (χ4n) is 1.12. The van der Waals surface area contributed by atoms with Crippen molar-refractivity contribution in [3.63, 3.8) is 0 Å². The Kier molecular flexibility index (Phi) is 4.89. The van der Waals surface area contributed by atoms with Crippen molar-refractivity contribution in [1.82, 2.24) is 16.1 Å². The molecule has 0 saturated heterocycles. The molecule has 0 saturated carbocycles. The van der Waals surface area contributed by atoms with Crippen LogP contribution >= 0.6 is 0 Å². The number of hydroxylamine groups is 1. The molecule has 1 aliphatic rings. The third-order valence-corrected chi connectivity index (χ3v) is 1.94. The van der Waals surface area contributed by atoms with E-state index >= 15 is 0 Å². The molecule has 7 nitrogen and oxygen atoms in total. The summed E-state index contributed by atoms with van der Waals surface area (Å²) in [6, 6.07) is -0.384. The molecule has 1 rings (SSSR count). The first kappa shape index (κ1) is 12.9. The SMILES string of the molecule is CC(C=O)N=C1CNC(/C=C/C(=O)NO)=CN1. The maximum absolute atomic E-state index is 10.7. The Bertz CT molecular complexity index is 387. The second-order valence-corrected chi connectivity index (χ2v) is 3.36. The van der Waals surface area contributed by atoms with Gasteiger partial charge in [0.1, 0.15) is 18.2 Å². The van der Waals surface area contributed by atoms with Gasteiger partial charge in [-0.2, -0.15) is 0 Å². The average Bonchev–Trinajstić information content (AvgIpc) is 2.37. The van der Waals surface area contributed by atoms with Gasteiger partial charge in [-0.1, -0.05) is 0 Å². The topological polar surface area (TPSA) is 103 Å². The van der Waals surface area contributed by atoms with Crippen LogP contribution in [0, 0.1) is 0 Å². The summed E-state index contributed by atoms with van der Waals surface area (Å²) in [5.74, 6) is 0.0371. The molecule has 0 fully saturated rings. The van der Waals surface area contributed by atoms with Crippen LogP contribution in [0.3, 0.4) is 0 Å². The Morgan fingerprint density at radius 3 is 3.00 bits per heavy atom. The maximum atomic E-state index is 10.7. The number of hydrogen-bond acceptors (Lipinski definition) is 5. The van der Waals surface area contributed by atoms with Crippen molar-refractivity contribution < 1.29 is 14.8 Å². The number of amidine groups is 1. The smallest absolute Gasteiger partial charge is 0.267 e. The van der Waals surface area contributed by atoms with Gasteiger partial charge < -0.3 is 15.4 Å². The number of hydrogen-bond donors (Lipinski definition) is 4. The van der Waals surface area contributed by atoms with Gasteiger partial charge in [0.05, 0.1) is 12.2 Å². The minimum Gasteiger partial charge on any atom is -0.377 e. The number of carbonyl (C=O) groups is 2. The van der Waals surface area contributed by atoms with E-state index in [-0.39, 0.29) is 6.04 Å². The molecule has 92 valence electrons. The third kappa shape index (κ3) is 4.47. The highest BCUT2D eigenvalue weighted by Crippen LogP contribution is 1.96. The lowest BCUT2D eigenvalue weighted by atomic mass is 10.3. The van der Waals surface area contributed by atoms with Crippen LogP contribution < -0.4 is 16.1 Å². The lowest BCUT2D eigenvalue weighted by Crippen LogP contribution is -2.37. The fraction of sp³-hybridized carbons (Fsp3) is 0.300. The fourth-order valence-corrected chi connectivity index (χ4v) is 1.12. The summed E-state index contributed by atoms with van der Waals surface area (Å²) in [4.78, 5) is 25.2. The van der Waals surface area contributed by atoms with Crippen LogP contribution in [0.25, 0.3) is 0 Å². The van der Waals surface area contributed by atoms with Crippen molar-refractivity contribution in [2.24, 2.45) is 4.99 Å². The predicted molar refractivity (Wildman–Crippen MR) is 61.3 cm³/mol. The monoisotopic (exact) mass is 238 g/mol. The lowest BCUT2D eigenvalue weighted by molar-refractivity contribution is -0.124. The van der Waals surface area contributed by atoms with E-state index in [2.05, 4.69) is 15.6 Å². The van der Waals surface area contributed by atoms with Gasteiger partial charge in [-0.25, -0.2) is 5.48 Å². The zero-order valence-corrected chi connectivity index (χ0v) is 9.30. The van der Waals surface area contributed by atoms with E-state index in [9.17, 15) is 9.59 Å². The number of amides is 1. The molecule has 1 amide bonds. The Morgan fingerprint density at radius 1 is 1.71 bits per heavy atom. The molecule has 0 bridgehead atoms. The Morgan fingerprint density at radius 2 is 2.47 bits per heavy atom. The summed E-state index contributed by atoms with van der Waals surface area (Å²) >= 11 is 0. The van der Waals surface area contributed by atoms with Gasteiger partial charge in [-0.15, -0.1) is 0 Å². The van der Waals surface area contributed by atoms with Gasteiger partial charge in [0.2, 0.25) is 0 Å². The van der Waals surface area contributed by atoms with Gasteiger partial charge in [0.15, 0.2) is 0 Å². The Balaban J connectivity index is 2.55. The minimum atomic E-state index is -0.609. The van der Waals surface area contributed by atoms with Gasteiger partial charge >= 0.3 is 0 Å². The van der Waals surface area contributed by atoms with Gasteiger partial charge in [0, 0.05) is 12.3 Å². The number of aliphatic imine (C=N–C) groups is 1. The molecule has 1 heterocycles. The zero-order valence-electron chi connectivity index (χ0n) is 9.30. The van der Waals surface area contributed by atoms with Crippen molar-refractivity contribution in [2.75, 3.05) is 6.54 Å². The van der Waals surface area contributed by atoms with Crippen LogP contribution in [0.1, 0.15) is 6.92 Å². The summed E-state index contributed by atoms with van der Waals surface area (Å²) < 4.78 is 0. The second-order valence-electron chi connectivity index (χ2n) is 3.36. The Hall–Kier alpha value is -2.15. The number of nitrogens with zero attached hydrogens (tertiary/aromatic N) is 1. The first-order valence-corrected chi connectivity index (χ1v) is 5.00. The van der Waals surface area contributed by atoms with Crippen LogP contribution in [-0.4, -0.2) is 35.8 Å². The summed E-state index contributed by atoms with van der Waals surface area (Å²) in [6.45, 7) is 2.13. The molecule has 1 aliphatic heterocycles. The van der Waals surface area contributed by atoms with E-state index in [4.69, 9.17) is 5.21 Å². The molecule has 1 atom stereocenters. The van der Waals surface area contributed by atoms with Crippen molar-refractivity contribution in [1.29, 1.82) is 0 Å². The highest BCUT2D eigenvalue weighted by Gasteiger charge is 2.06. The van der Waals surface area contributed by atoms with E-state index < -0.39 is 5.91 Å². The Labute approximate surface area is 98.3 Å². The quantitative estimate of drug-likeness (QED) is 0.219. The number of rotatable bonds is 4. The number of nitrogens with one attached hydrogen (secondary N) is 3. The van der Waals surface area contributed by atoms with Crippen molar-refractivity contribution in [3.05, 3.63) is 24.0 Å². The minimum absolute atomic E-state index is 0.384. The normalized spacial score (nSPS) is 19.2. The van der Waals surface area contributed by atoms with E-state index in [1.165, 1.54) is 17.6 Å². The van der Waals surface area contributed by atoms with E-state index in [1.54, 1.807) is 13.1 Å². The standard InChI is InChI=1S/C10H14N4O3/c1-7(6-15)13-9-5-11-8(4-12-9)2-3-10(16)14-17/h2-4,6-7,11,17H,5H2,1H3,(H,12,13)(H,14,16)/b3-2+. The summed E-state index contributed by atoms with van der Waals surface area (Å²) in [5, 5.41) is 14.2. The molecule has 17 heavy (non-hydrogen) atoms. The van der Waals surface area contributed by atoms with Gasteiger partial charge in [0.25, 0.3) is 5.91 Å². The van der Waals surface area contributed by atoms with E-state index in [1.807, 2.05) is 0 Å². The molecule has 0 aromatic heterocycles. The number of carbonyl (C=O) groups excluding carboxylic acids is 2. The first-order valence-electron chi connectivity index (χ1n) is 5.00. The van der Waals surface area contributed by atoms with Crippen LogP contribution in [-0.2, 0) is 9.59 Å². The van der Waals surface area contributed by atoms with Gasteiger partial charge in [-0.05, 0) is 13.0 Å². The van der Waals surface area contributed by atoms with Crippen LogP contribution in [0.4, 0.5) is 0 Å². The molecule has 0 aliphatic carbocycles. The molecule has 0 aromatic carbocycles. The molecule has 1 unspecified atom stereocenters. The van der Waals surface area contributed by atoms with Crippen molar-refractivity contribution in [2.45, 2.75) is 13.0 Å². The largest absolute Gasteiger partial charge is 0.377 e. The molecular formula is C10H14N4O3.